The molecule has 5 heteroatoms. The predicted molar refractivity (Wildman–Crippen MR) is 78.7 cm³/mol. The molecule has 17 heavy (non-hydrogen) atoms. The van der Waals surface area contributed by atoms with E-state index in [2.05, 4.69) is 46.1 Å². The van der Waals surface area contributed by atoms with Gasteiger partial charge in [0.1, 0.15) is 5.01 Å². The van der Waals surface area contributed by atoms with Crippen molar-refractivity contribution >= 4 is 38.6 Å². The second-order valence-corrected chi connectivity index (χ2v) is 6.95. The van der Waals surface area contributed by atoms with Crippen molar-refractivity contribution in [1.29, 1.82) is 0 Å². The van der Waals surface area contributed by atoms with E-state index in [1.807, 2.05) is 22.9 Å². The first-order valence-corrected chi connectivity index (χ1v) is 8.07. The summed E-state index contributed by atoms with van der Waals surface area (Å²) in [6.45, 7) is 5.24. The maximum absolute atomic E-state index is 4.37. The third-order valence-corrected chi connectivity index (χ3v) is 5.61. The molecule has 2 rings (SSSR count). The SMILES string of the molecule is CCC(NCc1cc(Br)c(C)s1)c1nccs1. The Morgan fingerprint density at radius 3 is 2.88 bits per heavy atom. The van der Waals surface area contributed by atoms with Crippen LogP contribution in [0.15, 0.2) is 22.1 Å². The van der Waals surface area contributed by atoms with Crippen LogP contribution in [0.5, 0.6) is 0 Å². The standard InChI is InChI=1S/C12H15BrN2S2/c1-3-11(12-14-4-5-16-12)15-7-9-6-10(13)8(2)17-9/h4-6,11,15H,3,7H2,1-2H3. The van der Waals surface area contributed by atoms with E-state index in [-0.39, 0.29) is 0 Å². The van der Waals surface area contributed by atoms with E-state index < -0.39 is 0 Å². The summed E-state index contributed by atoms with van der Waals surface area (Å²) in [6.07, 6.45) is 2.94. The quantitative estimate of drug-likeness (QED) is 0.871. The first-order chi connectivity index (χ1) is 8.20. The maximum atomic E-state index is 4.37. The summed E-state index contributed by atoms with van der Waals surface area (Å²) >= 11 is 7.11. The molecule has 1 atom stereocenters. The Kier molecular flexibility index (Phi) is 4.73. The van der Waals surface area contributed by atoms with E-state index in [1.54, 1.807) is 11.3 Å². The lowest BCUT2D eigenvalue weighted by Gasteiger charge is -2.13. The molecular weight excluding hydrogens is 316 g/mol. The molecule has 2 nitrogen and oxygen atoms in total. The van der Waals surface area contributed by atoms with E-state index in [0.717, 1.165) is 13.0 Å². The lowest BCUT2D eigenvalue weighted by atomic mass is 10.2. The van der Waals surface area contributed by atoms with E-state index in [9.17, 15) is 0 Å². The van der Waals surface area contributed by atoms with Gasteiger partial charge in [0.05, 0.1) is 6.04 Å². The van der Waals surface area contributed by atoms with Gasteiger partial charge in [-0.2, -0.15) is 0 Å². The van der Waals surface area contributed by atoms with Crippen molar-refractivity contribution in [2.24, 2.45) is 0 Å². The average Bonchev–Trinajstić information content (AvgIpc) is 2.92. The Hall–Kier alpha value is -0.230. The van der Waals surface area contributed by atoms with Crippen LogP contribution in [0.4, 0.5) is 0 Å². The third kappa shape index (κ3) is 3.37. The largest absolute Gasteiger partial charge is 0.303 e. The van der Waals surface area contributed by atoms with Gasteiger partial charge in [-0.25, -0.2) is 4.98 Å². The predicted octanol–water partition coefficient (Wildman–Crippen LogP) is 4.52. The summed E-state index contributed by atoms with van der Waals surface area (Å²) in [5.41, 5.74) is 0. The van der Waals surface area contributed by atoms with Gasteiger partial charge >= 0.3 is 0 Å². The number of aromatic nitrogens is 1. The number of nitrogens with one attached hydrogen (secondary N) is 1. The van der Waals surface area contributed by atoms with Crippen LogP contribution < -0.4 is 5.32 Å². The minimum atomic E-state index is 0.371. The first kappa shape index (κ1) is 13.2. The molecule has 0 saturated carbocycles. The topological polar surface area (TPSA) is 24.9 Å². The average molecular weight is 331 g/mol. The molecular formula is C12H15BrN2S2. The summed E-state index contributed by atoms with van der Waals surface area (Å²) in [5.74, 6) is 0. The van der Waals surface area contributed by atoms with Gasteiger partial charge in [-0.05, 0) is 35.3 Å². The van der Waals surface area contributed by atoms with Crippen molar-refractivity contribution in [3.05, 3.63) is 36.9 Å². The molecule has 0 fully saturated rings. The number of hydrogen-bond donors (Lipinski definition) is 1. The van der Waals surface area contributed by atoms with Crippen molar-refractivity contribution in [3.63, 3.8) is 0 Å². The highest BCUT2D eigenvalue weighted by Gasteiger charge is 2.12. The third-order valence-electron chi connectivity index (χ3n) is 2.59. The van der Waals surface area contributed by atoms with E-state index in [1.165, 1.54) is 19.2 Å². The molecule has 92 valence electrons. The second-order valence-electron chi connectivity index (χ2n) is 3.83. The second kappa shape index (κ2) is 6.09. The summed E-state index contributed by atoms with van der Waals surface area (Å²) in [6, 6.07) is 2.57. The fourth-order valence-corrected chi connectivity index (χ4v) is 3.99. The highest BCUT2D eigenvalue weighted by atomic mass is 79.9. The molecule has 0 bridgehead atoms. The number of aryl methyl sites for hydroxylation is 1. The lowest BCUT2D eigenvalue weighted by Crippen LogP contribution is -2.19. The number of thiazole rings is 1. The van der Waals surface area contributed by atoms with Crippen LogP contribution in [0.2, 0.25) is 0 Å². The van der Waals surface area contributed by atoms with Crippen molar-refractivity contribution in [2.75, 3.05) is 0 Å². The molecule has 0 spiro atoms. The van der Waals surface area contributed by atoms with Gasteiger partial charge in [-0.1, -0.05) is 6.92 Å². The van der Waals surface area contributed by atoms with Gasteiger partial charge in [-0.3, -0.25) is 0 Å². The summed E-state index contributed by atoms with van der Waals surface area (Å²) < 4.78 is 1.21. The van der Waals surface area contributed by atoms with Crippen molar-refractivity contribution in [1.82, 2.24) is 10.3 Å². The van der Waals surface area contributed by atoms with Crippen molar-refractivity contribution in [2.45, 2.75) is 32.9 Å². The van der Waals surface area contributed by atoms with Gasteiger partial charge < -0.3 is 5.32 Å². The van der Waals surface area contributed by atoms with E-state index >= 15 is 0 Å². The zero-order valence-electron chi connectivity index (χ0n) is 9.87. The lowest BCUT2D eigenvalue weighted by molar-refractivity contribution is 0.519. The van der Waals surface area contributed by atoms with Gasteiger partial charge in [0.2, 0.25) is 0 Å². The summed E-state index contributed by atoms with van der Waals surface area (Å²) in [7, 11) is 0. The Labute approximate surface area is 118 Å². The number of nitrogens with zero attached hydrogens (tertiary/aromatic N) is 1. The normalized spacial score (nSPS) is 12.9. The smallest absolute Gasteiger partial charge is 0.109 e. The number of rotatable bonds is 5. The van der Waals surface area contributed by atoms with Gasteiger partial charge in [0, 0.05) is 32.3 Å². The first-order valence-electron chi connectivity index (χ1n) is 5.58. The fraction of sp³-hybridized carbons (Fsp3) is 0.417. The van der Waals surface area contributed by atoms with Gasteiger partial charge in [0.25, 0.3) is 0 Å². The van der Waals surface area contributed by atoms with Crippen LogP contribution in [-0.4, -0.2) is 4.98 Å². The molecule has 0 amide bonds. The number of thiophene rings is 1. The van der Waals surface area contributed by atoms with Crippen LogP contribution in [0, 0.1) is 6.92 Å². The van der Waals surface area contributed by atoms with Gasteiger partial charge in [0.15, 0.2) is 0 Å². The van der Waals surface area contributed by atoms with E-state index in [0.29, 0.717) is 6.04 Å². The molecule has 2 aromatic heterocycles. The van der Waals surface area contributed by atoms with Crippen LogP contribution in [0.3, 0.4) is 0 Å². The molecule has 0 aliphatic rings. The van der Waals surface area contributed by atoms with Crippen LogP contribution in [0.25, 0.3) is 0 Å². The van der Waals surface area contributed by atoms with Crippen LogP contribution in [-0.2, 0) is 6.54 Å². The highest BCUT2D eigenvalue weighted by molar-refractivity contribution is 9.10. The minimum Gasteiger partial charge on any atom is -0.303 e. The molecule has 2 heterocycles. The minimum absolute atomic E-state index is 0.371. The monoisotopic (exact) mass is 330 g/mol. The van der Waals surface area contributed by atoms with Crippen molar-refractivity contribution < 1.29 is 0 Å². The number of hydrogen-bond acceptors (Lipinski definition) is 4. The molecule has 0 radical (unpaired) electrons. The Morgan fingerprint density at radius 1 is 1.53 bits per heavy atom. The van der Waals surface area contributed by atoms with Gasteiger partial charge in [-0.15, -0.1) is 22.7 Å². The maximum Gasteiger partial charge on any atom is 0.109 e. The Balaban J connectivity index is 1.97. The fourth-order valence-electron chi connectivity index (χ4n) is 1.64. The molecule has 1 N–H and O–H groups in total. The molecule has 0 aliphatic heterocycles. The highest BCUT2D eigenvalue weighted by Crippen LogP contribution is 2.27. The van der Waals surface area contributed by atoms with Crippen LogP contribution >= 0.6 is 38.6 Å². The van der Waals surface area contributed by atoms with E-state index in [4.69, 9.17) is 0 Å². The zero-order valence-corrected chi connectivity index (χ0v) is 13.1. The Bertz CT molecular complexity index is 445. The molecule has 0 saturated heterocycles. The summed E-state index contributed by atoms with van der Waals surface area (Å²) in [5, 5.41) is 6.78. The van der Waals surface area contributed by atoms with Crippen molar-refractivity contribution in [3.8, 4) is 0 Å². The summed E-state index contributed by atoms with van der Waals surface area (Å²) in [4.78, 5) is 7.07. The van der Waals surface area contributed by atoms with Crippen LogP contribution in [0.1, 0.15) is 34.1 Å². The molecule has 2 aromatic rings. The molecule has 0 aromatic carbocycles. The Morgan fingerprint density at radius 2 is 2.35 bits per heavy atom. The zero-order chi connectivity index (χ0) is 12.3. The molecule has 0 aliphatic carbocycles. The molecule has 1 unspecified atom stereocenters. The number of halogens is 1.